The first-order valence-corrected chi connectivity index (χ1v) is 8.31. The van der Waals surface area contributed by atoms with Crippen molar-refractivity contribution >= 4 is 10.9 Å². The molecule has 1 aromatic carbocycles. The molecule has 4 rings (SSSR count). The fourth-order valence-electron chi connectivity index (χ4n) is 4.13. The van der Waals surface area contributed by atoms with Crippen molar-refractivity contribution in [2.45, 2.75) is 32.2 Å². The molecule has 2 fully saturated rings. The first-order chi connectivity index (χ1) is 10.8. The Labute approximate surface area is 130 Å². The maximum atomic E-state index is 13.4. The van der Waals surface area contributed by atoms with Gasteiger partial charge in [-0.3, -0.25) is 0 Å². The molecule has 3 nitrogen and oxygen atoms in total. The van der Waals surface area contributed by atoms with Crippen LogP contribution in [0.5, 0.6) is 0 Å². The number of aromatic nitrogens is 1. The molecule has 1 saturated heterocycles. The first kappa shape index (κ1) is 14.2. The van der Waals surface area contributed by atoms with Crippen LogP contribution < -0.4 is 5.32 Å². The van der Waals surface area contributed by atoms with Gasteiger partial charge in [0.05, 0.1) is 13.2 Å². The largest absolute Gasteiger partial charge is 0.380 e. The summed E-state index contributed by atoms with van der Waals surface area (Å²) in [5.41, 5.74) is 2.47. The zero-order valence-corrected chi connectivity index (χ0v) is 12.8. The highest BCUT2D eigenvalue weighted by Gasteiger charge is 2.45. The third kappa shape index (κ3) is 2.44. The molecule has 2 aliphatic rings. The van der Waals surface area contributed by atoms with Crippen molar-refractivity contribution in [1.29, 1.82) is 0 Å². The minimum atomic E-state index is -0.178. The lowest BCUT2D eigenvalue weighted by Crippen LogP contribution is -2.53. The second-order valence-corrected chi connectivity index (χ2v) is 6.94. The number of hydrogen-bond acceptors (Lipinski definition) is 2. The van der Waals surface area contributed by atoms with Gasteiger partial charge in [0.1, 0.15) is 5.82 Å². The van der Waals surface area contributed by atoms with Crippen LogP contribution in [0.1, 0.15) is 31.2 Å². The van der Waals surface area contributed by atoms with Crippen LogP contribution >= 0.6 is 0 Å². The molecule has 1 aliphatic carbocycles. The Kier molecular flexibility index (Phi) is 3.66. The molecule has 1 saturated carbocycles. The molecular weight excluding hydrogens is 279 g/mol. The number of halogens is 1. The van der Waals surface area contributed by atoms with E-state index in [4.69, 9.17) is 4.74 Å². The number of aromatic amines is 1. The van der Waals surface area contributed by atoms with Gasteiger partial charge in [0.2, 0.25) is 0 Å². The van der Waals surface area contributed by atoms with E-state index in [1.54, 1.807) is 12.1 Å². The van der Waals surface area contributed by atoms with E-state index in [-0.39, 0.29) is 5.82 Å². The molecule has 1 aromatic heterocycles. The van der Waals surface area contributed by atoms with Gasteiger partial charge >= 0.3 is 0 Å². The molecule has 0 atom stereocenters. The summed E-state index contributed by atoms with van der Waals surface area (Å²) in [6.07, 6.45) is 7.42. The lowest BCUT2D eigenvalue weighted by molar-refractivity contribution is -0.142. The number of rotatable bonds is 5. The molecule has 4 heteroatoms. The summed E-state index contributed by atoms with van der Waals surface area (Å²) in [6.45, 7) is 3.57. The molecule has 0 amide bonds. The minimum Gasteiger partial charge on any atom is -0.380 e. The Hall–Kier alpha value is -1.39. The second-order valence-electron chi connectivity index (χ2n) is 6.94. The van der Waals surface area contributed by atoms with Gasteiger partial charge in [-0.2, -0.15) is 0 Å². The van der Waals surface area contributed by atoms with Crippen molar-refractivity contribution in [1.82, 2.24) is 10.3 Å². The third-order valence-electron chi connectivity index (χ3n) is 5.52. The van der Waals surface area contributed by atoms with Crippen LogP contribution in [0.4, 0.5) is 4.39 Å². The topological polar surface area (TPSA) is 37.0 Å². The highest BCUT2D eigenvalue weighted by molar-refractivity contribution is 5.83. The number of benzene rings is 1. The summed E-state index contributed by atoms with van der Waals surface area (Å²) >= 11 is 0. The molecule has 0 spiro atoms. The van der Waals surface area contributed by atoms with Crippen molar-refractivity contribution in [2.75, 3.05) is 19.8 Å². The number of hydrogen-bond donors (Lipinski definition) is 2. The van der Waals surface area contributed by atoms with Gasteiger partial charge in [0.25, 0.3) is 0 Å². The Balaban J connectivity index is 1.42. The predicted octanol–water partition coefficient (Wildman–Crippen LogP) is 3.60. The SMILES string of the molecule is Fc1ccc2[nH]cc(CNCC3(C4CCCC4)COC3)c2c1. The predicted molar refractivity (Wildman–Crippen MR) is 85.2 cm³/mol. The molecule has 0 radical (unpaired) electrons. The Morgan fingerprint density at radius 2 is 2.09 bits per heavy atom. The van der Waals surface area contributed by atoms with E-state index in [0.717, 1.165) is 48.7 Å². The Morgan fingerprint density at radius 1 is 1.27 bits per heavy atom. The van der Waals surface area contributed by atoms with E-state index in [9.17, 15) is 4.39 Å². The van der Waals surface area contributed by atoms with Gasteiger partial charge in [-0.25, -0.2) is 4.39 Å². The van der Waals surface area contributed by atoms with E-state index in [1.165, 1.54) is 31.7 Å². The molecule has 1 aliphatic heterocycles. The normalized spacial score (nSPS) is 21.3. The maximum absolute atomic E-state index is 13.4. The van der Waals surface area contributed by atoms with E-state index >= 15 is 0 Å². The summed E-state index contributed by atoms with van der Waals surface area (Å²) in [4.78, 5) is 3.21. The Morgan fingerprint density at radius 3 is 2.82 bits per heavy atom. The zero-order chi connectivity index (χ0) is 15.0. The van der Waals surface area contributed by atoms with E-state index in [0.29, 0.717) is 5.41 Å². The monoisotopic (exact) mass is 302 g/mol. The molecule has 22 heavy (non-hydrogen) atoms. The molecule has 2 N–H and O–H groups in total. The van der Waals surface area contributed by atoms with Crippen LogP contribution in [0, 0.1) is 17.2 Å². The van der Waals surface area contributed by atoms with Crippen molar-refractivity contribution < 1.29 is 9.13 Å². The second kappa shape index (κ2) is 5.67. The lowest BCUT2D eigenvalue weighted by atomic mass is 9.72. The van der Waals surface area contributed by atoms with Crippen LogP contribution in [-0.4, -0.2) is 24.7 Å². The quantitative estimate of drug-likeness (QED) is 0.885. The van der Waals surface area contributed by atoms with E-state index in [1.807, 2.05) is 6.20 Å². The number of nitrogens with one attached hydrogen (secondary N) is 2. The highest BCUT2D eigenvalue weighted by atomic mass is 19.1. The highest BCUT2D eigenvalue weighted by Crippen LogP contribution is 2.44. The van der Waals surface area contributed by atoms with Crippen LogP contribution in [-0.2, 0) is 11.3 Å². The number of H-pyrrole nitrogens is 1. The van der Waals surface area contributed by atoms with Crippen molar-refractivity contribution in [3.05, 3.63) is 35.8 Å². The molecule has 0 bridgehead atoms. The molecular formula is C18H23FN2O. The summed E-state index contributed by atoms with van der Waals surface area (Å²) in [7, 11) is 0. The van der Waals surface area contributed by atoms with Gasteiger partial charge in [-0.15, -0.1) is 0 Å². The molecule has 2 heterocycles. The van der Waals surface area contributed by atoms with Crippen molar-refractivity contribution in [3.63, 3.8) is 0 Å². The first-order valence-electron chi connectivity index (χ1n) is 8.31. The van der Waals surface area contributed by atoms with Gasteiger partial charge in [-0.1, -0.05) is 12.8 Å². The maximum Gasteiger partial charge on any atom is 0.123 e. The standard InChI is InChI=1S/C18H23FN2O/c19-15-5-6-17-16(7-15)13(9-21-17)8-20-10-18(11-22-12-18)14-3-1-2-4-14/h5-7,9,14,20-21H,1-4,8,10-12H2. The van der Waals surface area contributed by atoms with E-state index < -0.39 is 0 Å². The fraction of sp³-hybridized carbons (Fsp3) is 0.556. The lowest BCUT2D eigenvalue weighted by Gasteiger charge is -2.46. The minimum absolute atomic E-state index is 0.178. The molecule has 118 valence electrons. The van der Waals surface area contributed by atoms with Crippen LogP contribution in [0.2, 0.25) is 0 Å². The summed E-state index contributed by atoms with van der Waals surface area (Å²) < 4.78 is 19.0. The van der Waals surface area contributed by atoms with Crippen LogP contribution in [0.25, 0.3) is 10.9 Å². The van der Waals surface area contributed by atoms with E-state index in [2.05, 4.69) is 10.3 Å². The molecule has 2 aromatic rings. The summed E-state index contributed by atoms with van der Waals surface area (Å²) in [6, 6.07) is 4.91. The third-order valence-corrected chi connectivity index (χ3v) is 5.52. The van der Waals surface area contributed by atoms with Crippen molar-refractivity contribution in [2.24, 2.45) is 11.3 Å². The summed E-state index contributed by atoms with van der Waals surface area (Å²) in [5, 5.41) is 4.58. The zero-order valence-electron chi connectivity index (χ0n) is 12.8. The van der Waals surface area contributed by atoms with Crippen LogP contribution in [0.3, 0.4) is 0 Å². The number of fused-ring (bicyclic) bond motifs is 1. The van der Waals surface area contributed by atoms with Gasteiger partial charge in [0.15, 0.2) is 0 Å². The summed E-state index contributed by atoms with van der Waals surface area (Å²) in [5.74, 6) is 0.636. The fourth-order valence-corrected chi connectivity index (χ4v) is 4.13. The number of ether oxygens (including phenoxy) is 1. The average molecular weight is 302 g/mol. The molecule has 0 unspecified atom stereocenters. The smallest absolute Gasteiger partial charge is 0.123 e. The van der Waals surface area contributed by atoms with Crippen molar-refractivity contribution in [3.8, 4) is 0 Å². The van der Waals surface area contributed by atoms with Crippen LogP contribution in [0.15, 0.2) is 24.4 Å². The Bertz CT molecular complexity index is 656. The van der Waals surface area contributed by atoms with Gasteiger partial charge in [-0.05, 0) is 42.5 Å². The van der Waals surface area contributed by atoms with Gasteiger partial charge in [0, 0.05) is 35.6 Å². The van der Waals surface area contributed by atoms with Gasteiger partial charge < -0.3 is 15.0 Å². The average Bonchev–Trinajstić information content (AvgIpc) is 3.12.